The van der Waals surface area contributed by atoms with Crippen LogP contribution >= 0.6 is 0 Å². The van der Waals surface area contributed by atoms with Gasteiger partial charge in [-0.15, -0.1) is 0 Å². The lowest BCUT2D eigenvalue weighted by molar-refractivity contribution is 0.394. The number of H-pyrrole nitrogens is 1. The van der Waals surface area contributed by atoms with Gasteiger partial charge >= 0.3 is 0 Å². The lowest BCUT2D eigenvalue weighted by Gasteiger charge is -2.14. The van der Waals surface area contributed by atoms with E-state index in [4.69, 9.17) is 14.5 Å². The molecule has 3 aliphatic heterocycles. The molecule has 1 aromatic heterocycles. The van der Waals surface area contributed by atoms with Crippen molar-refractivity contribution in [3.05, 3.63) is 94.1 Å². The molecule has 8 heteroatoms. The zero-order valence-corrected chi connectivity index (χ0v) is 18.0. The molecule has 3 aromatic rings. The molecular formula is C25H20N5O3+. The highest BCUT2D eigenvalue weighted by molar-refractivity contribution is 6.21. The van der Waals surface area contributed by atoms with Crippen molar-refractivity contribution in [2.45, 2.75) is 6.04 Å². The average Bonchev–Trinajstić information content (AvgIpc) is 3.36. The molecular weight excluding hydrogens is 418 g/mol. The normalized spacial score (nSPS) is 22.8. The number of benzene rings is 2. The minimum Gasteiger partial charge on any atom is -0.497 e. The van der Waals surface area contributed by atoms with E-state index in [1.165, 1.54) is 5.70 Å². The predicted octanol–water partition coefficient (Wildman–Crippen LogP) is 3.73. The van der Waals surface area contributed by atoms with Crippen LogP contribution in [0.5, 0.6) is 11.5 Å². The number of aliphatic imine (C=N–C) groups is 1. The van der Waals surface area contributed by atoms with Gasteiger partial charge in [0.25, 0.3) is 11.4 Å². The Labute approximate surface area is 189 Å². The summed E-state index contributed by atoms with van der Waals surface area (Å²) < 4.78 is 13.1. The fraction of sp³-hybridized carbons (Fsp3) is 0.120. The van der Waals surface area contributed by atoms with Gasteiger partial charge in [-0.3, -0.25) is 9.89 Å². The molecule has 4 heterocycles. The highest BCUT2D eigenvalue weighted by Crippen LogP contribution is 2.61. The molecule has 162 valence electrons. The molecule has 2 atom stereocenters. The van der Waals surface area contributed by atoms with Crippen LogP contribution in [-0.2, 0) is 0 Å². The molecule has 1 saturated heterocycles. The van der Waals surface area contributed by atoms with Crippen molar-refractivity contribution in [1.82, 2.24) is 14.3 Å². The number of methoxy groups -OCH3 is 2. The Hall–Kier alpha value is -4.30. The fourth-order valence-electron chi connectivity index (χ4n) is 5.31. The summed E-state index contributed by atoms with van der Waals surface area (Å²) in [6.45, 7) is 0. The molecule has 1 fully saturated rings. The molecule has 1 aliphatic carbocycles. The maximum absolute atomic E-state index is 13.5. The molecule has 0 radical (unpaired) electrons. The van der Waals surface area contributed by atoms with E-state index in [1.54, 1.807) is 25.0 Å². The number of nitrogens with zero attached hydrogens (tertiary/aromatic N) is 3. The summed E-state index contributed by atoms with van der Waals surface area (Å²) in [6, 6.07) is 13.7. The van der Waals surface area contributed by atoms with E-state index in [0.29, 0.717) is 33.1 Å². The van der Waals surface area contributed by atoms with Crippen LogP contribution in [0.15, 0.2) is 87.9 Å². The van der Waals surface area contributed by atoms with E-state index >= 15 is 0 Å². The van der Waals surface area contributed by atoms with Gasteiger partial charge in [-0.1, -0.05) is 24.3 Å². The monoisotopic (exact) mass is 438 g/mol. The zero-order chi connectivity index (χ0) is 22.3. The summed E-state index contributed by atoms with van der Waals surface area (Å²) in [6.07, 6.45) is 8.32. The van der Waals surface area contributed by atoms with Crippen LogP contribution in [0.3, 0.4) is 0 Å². The van der Waals surface area contributed by atoms with Gasteiger partial charge in [-0.05, 0) is 18.2 Å². The van der Waals surface area contributed by atoms with Crippen LogP contribution in [0.1, 0.15) is 5.56 Å². The van der Waals surface area contributed by atoms with Crippen molar-refractivity contribution < 1.29 is 9.47 Å². The van der Waals surface area contributed by atoms with Crippen molar-refractivity contribution in [3.63, 3.8) is 0 Å². The highest BCUT2D eigenvalue weighted by Gasteiger charge is 2.73. The largest absolute Gasteiger partial charge is 0.497 e. The van der Waals surface area contributed by atoms with Crippen LogP contribution in [0.25, 0.3) is 5.69 Å². The van der Waals surface area contributed by atoms with Crippen LogP contribution in [0.4, 0.5) is 17.2 Å². The Morgan fingerprint density at radius 1 is 1.06 bits per heavy atom. The number of hydrogen-bond acceptors (Lipinski definition) is 5. The molecule has 33 heavy (non-hydrogen) atoms. The summed E-state index contributed by atoms with van der Waals surface area (Å²) in [5.41, 5.74) is 5.18. The number of rotatable bonds is 3. The number of aromatic nitrogens is 2. The summed E-state index contributed by atoms with van der Waals surface area (Å²) in [5.74, 6) is 2.63. The van der Waals surface area contributed by atoms with Gasteiger partial charge in [0, 0.05) is 24.3 Å². The second-order valence-corrected chi connectivity index (χ2v) is 8.33. The molecule has 7 rings (SSSR count). The van der Waals surface area contributed by atoms with E-state index in [1.807, 2.05) is 36.4 Å². The second-order valence-electron chi connectivity index (χ2n) is 8.33. The number of ether oxygens (including phenoxy) is 2. The first-order valence-electron chi connectivity index (χ1n) is 10.7. The average molecular weight is 438 g/mol. The van der Waals surface area contributed by atoms with Crippen molar-refractivity contribution in [2.24, 2.45) is 4.99 Å². The van der Waals surface area contributed by atoms with Crippen LogP contribution in [-0.4, -0.2) is 35.9 Å². The standard InChI is InChI=1S/C25H19N5O3/c1-32-15-11-14(12-16(13-15)33-2)29-23-21(25(31)28-29)24-27-17-7-3-5-9-19(17)30(24)20-10-6-4-8-18(26-23)22(20)30/h3-13,20H,1-2H3,(H-,26,27,28,31)/p+1. The number of anilines is 1. The Balaban J connectivity index is 1.52. The van der Waals surface area contributed by atoms with Gasteiger partial charge in [0.2, 0.25) is 11.7 Å². The highest BCUT2D eigenvalue weighted by atomic mass is 16.5. The summed E-state index contributed by atoms with van der Waals surface area (Å²) in [7, 11) is 3.20. The number of aromatic amines is 1. The second kappa shape index (κ2) is 6.14. The Morgan fingerprint density at radius 3 is 2.64 bits per heavy atom. The van der Waals surface area contributed by atoms with Gasteiger partial charge in [0.15, 0.2) is 17.1 Å². The maximum atomic E-state index is 13.5. The van der Waals surface area contributed by atoms with Crippen LogP contribution in [0.2, 0.25) is 0 Å². The molecule has 2 unspecified atom stereocenters. The van der Waals surface area contributed by atoms with Gasteiger partial charge in [-0.2, -0.15) is 9.48 Å². The van der Waals surface area contributed by atoms with E-state index in [-0.39, 0.29) is 11.6 Å². The minimum absolute atomic E-state index is 0.109. The number of nitrogens with one attached hydrogen (secondary N) is 2. The van der Waals surface area contributed by atoms with Crippen molar-refractivity contribution >= 4 is 23.0 Å². The molecule has 0 amide bonds. The summed E-state index contributed by atoms with van der Waals surface area (Å²) in [5, 5.41) is 6.55. The van der Waals surface area contributed by atoms with Crippen molar-refractivity contribution in [2.75, 3.05) is 19.5 Å². The third-order valence-corrected chi connectivity index (χ3v) is 6.75. The lowest BCUT2D eigenvalue weighted by atomic mass is 10.2. The van der Waals surface area contributed by atoms with Crippen molar-refractivity contribution in [3.8, 4) is 17.2 Å². The van der Waals surface area contributed by atoms with E-state index in [9.17, 15) is 4.79 Å². The zero-order valence-electron chi connectivity index (χ0n) is 18.0. The minimum atomic E-state index is -0.207. The van der Waals surface area contributed by atoms with Gasteiger partial charge < -0.3 is 14.8 Å². The Kier molecular flexibility index (Phi) is 3.40. The first-order valence-corrected chi connectivity index (χ1v) is 10.7. The van der Waals surface area contributed by atoms with Gasteiger partial charge in [-0.25, -0.2) is 4.68 Å². The van der Waals surface area contributed by atoms with Crippen LogP contribution < -0.4 is 24.8 Å². The third-order valence-electron chi connectivity index (χ3n) is 6.75. The topological polar surface area (TPSA) is 80.6 Å². The van der Waals surface area contributed by atoms with Gasteiger partial charge in [0.05, 0.1) is 19.9 Å². The SMILES string of the molecule is COc1cc(OC)cc(-n2[nH]c(=O)c3c2NC2=C4C(C=CC=C2)[N+]42C3=Nc3ccccc32)c1. The summed E-state index contributed by atoms with van der Waals surface area (Å²) >= 11 is 0. The van der Waals surface area contributed by atoms with E-state index < -0.39 is 0 Å². The Morgan fingerprint density at radius 2 is 1.85 bits per heavy atom. The number of quaternary nitrogens is 1. The molecule has 8 nitrogen and oxygen atoms in total. The number of hydrogen-bond donors (Lipinski definition) is 2. The molecule has 1 spiro atoms. The maximum Gasteiger partial charge on any atom is 0.281 e. The molecule has 4 aliphatic rings. The first-order chi connectivity index (χ1) is 16.2. The fourth-order valence-corrected chi connectivity index (χ4v) is 5.31. The first kappa shape index (κ1) is 18.3. The smallest absolute Gasteiger partial charge is 0.281 e. The molecule has 2 aromatic carbocycles. The molecule has 2 N–H and O–H groups in total. The number of allylic oxidation sites excluding steroid dienone is 3. The molecule has 0 saturated carbocycles. The van der Waals surface area contributed by atoms with Gasteiger partial charge in [0.1, 0.15) is 22.9 Å². The Bertz CT molecular complexity index is 1530. The van der Waals surface area contributed by atoms with Crippen molar-refractivity contribution in [1.29, 1.82) is 0 Å². The van der Waals surface area contributed by atoms with Crippen LogP contribution in [0, 0.1) is 0 Å². The summed E-state index contributed by atoms with van der Waals surface area (Å²) in [4.78, 5) is 18.4. The van der Waals surface area contributed by atoms with E-state index in [0.717, 1.165) is 22.9 Å². The quantitative estimate of drug-likeness (QED) is 0.482. The van der Waals surface area contributed by atoms with E-state index in [2.05, 4.69) is 34.7 Å². The molecule has 0 bridgehead atoms. The number of amidine groups is 1. The number of fused-ring (bicyclic) bond motifs is 3. The number of para-hydroxylation sites is 2. The third kappa shape index (κ3) is 2.18. The lowest BCUT2D eigenvalue weighted by Crippen LogP contribution is -2.36. The predicted molar refractivity (Wildman–Crippen MR) is 127 cm³/mol.